The zero-order chi connectivity index (χ0) is 8.04. The number of allylic oxidation sites excluding steroid dienone is 1. The van der Waals surface area contributed by atoms with Crippen LogP contribution in [0.5, 0.6) is 0 Å². The summed E-state index contributed by atoms with van der Waals surface area (Å²) in [5.41, 5.74) is 0.199. The third-order valence-corrected chi connectivity index (χ3v) is 1.28. The first-order valence-corrected chi connectivity index (χ1v) is 4.90. The van der Waals surface area contributed by atoms with Crippen molar-refractivity contribution in [1.29, 1.82) is 0 Å². The molecule has 0 fully saturated rings. The molecule has 0 saturated carbocycles. The van der Waals surface area contributed by atoms with Crippen LogP contribution in [-0.2, 0) is 19.4 Å². The van der Waals surface area contributed by atoms with Gasteiger partial charge < -0.3 is 0 Å². The van der Waals surface area contributed by atoms with Crippen LogP contribution in [-0.4, -0.2) is 10.6 Å². The summed E-state index contributed by atoms with van der Waals surface area (Å²) in [6, 6.07) is 0. The summed E-state index contributed by atoms with van der Waals surface area (Å²) < 4.78 is 2.04. The average Bonchev–Trinajstić information content (AvgIpc) is 1.78. The van der Waals surface area contributed by atoms with Crippen molar-refractivity contribution in [3.63, 3.8) is 0 Å². The normalized spacial score (nSPS) is 13.1. The summed E-state index contributed by atoms with van der Waals surface area (Å²) in [6.45, 7) is 6.39. The first-order chi connectivity index (χ1) is 4.56. The summed E-state index contributed by atoms with van der Waals surface area (Å²) in [4.78, 5) is 4.11. The van der Waals surface area contributed by atoms with Gasteiger partial charge in [0.1, 0.15) is 0 Å². The van der Waals surface area contributed by atoms with Crippen LogP contribution in [0.15, 0.2) is 17.3 Å². The van der Waals surface area contributed by atoms with Crippen LogP contribution >= 0.6 is 0 Å². The number of rotatable bonds is 2. The Hall–Kier alpha value is -0.0317. The Balaban J connectivity index is 3.77. The Morgan fingerprint density at radius 1 is 1.30 bits per heavy atom. The molecule has 2 heteroatoms. The van der Waals surface area contributed by atoms with Crippen molar-refractivity contribution in [3.05, 3.63) is 12.3 Å². The van der Waals surface area contributed by atoms with Gasteiger partial charge in [0.05, 0.1) is 0 Å². The first kappa shape index (κ1) is 9.97. The Morgan fingerprint density at radius 3 is 2.30 bits per heavy atom. The van der Waals surface area contributed by atoms with E-state index in [4.69, 9.17) is 0 Å². The van der Waals surface area contributed by atoms with E-state index in [2.05, 4.69) is 25.8 Å². The van der Waals surface area contributed by atoms with Crippen molar-refractivity contribution in [1.82, 2.24) is 0 Å². The van der Waals surface area contributed by atoms with E-state index < -0.39 is 0 Å². The van der Waals surface area contributed by atoms with Gasteiger partial charge in [0.2, 0.25) is 0 Å². The van der Waals surface area contributed by atoms with Gasteiger partial charge >= 0.3 is 73.4 Å². The van der Waals surface area contributed by atoms with E-state index in [0.29, 0.717) is 0 Å². The molecule has 0 aliphatic heterocycles. The van der Waals surface area contributed by atoms with E-state index in [1.54, 1.807) is 0 Å². The topological polar surface area (TPSA) is 12.4 Å². The van der Waals surface area contributed by atoms with Gasteiger partial charge in [-0.15, -0.1) is 0 Å². The molecule has 0 radical (unpaired) electrons. The number of nitrogens with zero attached hydrogens (tertiary/aromatic N) is 1. The summed E-state index contributed by atoms with van der Waals surface area (Å²) in [6.07, 6.45) is 5.72. The van der Waals surface area contributed by atoms with Crippen molar-refractivity contribution in [2.45, 2.75) is 20.8 Å². The molecule has 0 aromatic carbocycles. The molecular weight excluding hydrogens is 294 g/mol. The zero-order valence-electron chi connectivity index (χ0n) is 6.66. The quantitative estimate of drug-likeness (QED) is 0.692. The summed E-state index contributed by atoms with van der Waals surface area (Å²) >= 11 is 1.46. The second kappa shape index (κ2) is 4.73. The molecule has 0 rings (SSSR count). The molecule has 0 heterocycles. The Bertz CT molecular complexity index is 151. The van der Waals surface area contributed by atoms with Crippen molar-refractivity contribution < 1.29 is 19.4 Å². The molecule has 56 valence electrons. The van der Waals surface area contributed by atoms with Gasteiger partial charge in [-0.2, -0.15) is 0 Å². The fourth-order valence-electron chi connectivity index (χ4n) is 0.351. The van der Waals surface area contributed by atoms with Crippen LogP contribution in [0, 0.1) is 5.41 Å². The minimum absolute atomic E-state index is 0.199. The van der Waals surface area contributed by atoms with Gasteiger partial charge in [-0.05, 0) is 0 Å². The maximum atomic E-state index is 4.11. The van der Waals surface area contributed by atoms with Crippen molar-refractivity contribution >= 4 is 10.6 Å². The van der Waals surface area contributed by atoms with Crippen LogP contribution in [0.4, 0.5) is 0 Å². The van der Waals surface area contributed by atoms with Gasteiger partial charge in [0.15, 0.2) is 0 Å². The molecule has 0 saturated heterocycles. The molecule has 0 aliphatic carbocycles. The van der Waals surface area contributed by atoms with Gasteiger partial charge in [0.25, 0.3) is 0 Å². The molecule has 0 N–H and O–H groups in total. The van der Waals surface area contributed by atoms with E-state index in [0.717, 1.165) is 0 Å². The fourth-order valence-corrected chi connectivity index (χ4v) is 0.604. The minimum atomic E-state index is 0.199. The van der Waals surface area contributed by atoms with Crippen LogP contribution in [0.2, 0.25) is 0 Å². The summed E-state index contributed by atoms with van der Waals surface area (Å²) in [5.74, 6) is 0. The number of hydrogen-bond donors (Lipinski definition) is 0. The van der Waals surface area contributed by atoms with Crippen molar-refractivity contribution in [2.24, 2.45) is 10.4 Å². The molecule has 0 aliphatic rings. The van der Waals surface area contributed by atoms with Crippen LogP contribution in [0.3, 0.4) is 0 Å². The van der Waals surface area contributed by atoms with E-state index in [-0.39, 0.29) is 5.41 Å². The van der Waals surface area contributed by atoms with Crippen LogP contribution in [0.1, 0.15) is 20.8 Å². The van der Waals surface area contributed by atoms with Crippen molar-refractivity contribution in [3.8, 4) is 0 Å². The molecule has 0 atom stereocenters. The first-order valence-electron chi connectivity index (χ1n) is 3.21. The SMILES string of the molecule is CC(C)(C)C=NC=C[CH]=[W]. The molecule has 0 bridgehead atoms. The second-order valence-corrected chi connectivity index (χ2v) is 4.10. The maximum absolute atomic E-state index is 4.11. The summed E-state index contributed by atoms with van der Waals surface area (Å²) in [5, 5.41) is 0. The molecule has 0 spiro atoms. The van der Waals surface area contributed by atoms with E-state index in [1.807, 2.05) is 22.9 Å². The van der Waals surface area contributed by atoms with Gasteiger partial charge in [0, 0.05) is 0 Å². The molecule has 0 aromatic heterocycles. The monoisotopic (exact) mass is 307 g/mol. The average molecular weight is 307 g/mol. The Kier molecular flexibility index (Phi) is 4.72. The third kappa shape index (κ3) is 7.97. The third-order valence-electron chi connectivity index (χ3n) is 0.713. The Morgan fingerprint density at radius 2 is 1.90 bits per heavy atom. The van der Waals surface area contributed by atoms with Gasteiger partial charge in [-0.25, -0.2) is 0 Å². The van der Waals surface area contributed by atoms with Crippen LogP contribution in [0.25, 0.3) is 0 Å². The molecule has 0 amide bonds. The summed E-state index contributed by atoms with van der Waals surface area (Å²) in [7, 11) is 0. The molecule has 1 nitrogen and oxygen atoms in total. The van der Waals surface area contributed by atoms with E-state index in [9.17, 15) is 0 Å². The standard InChI is InChI=1S/C8H13N.W/c1-5-6-9-7-8(2,3)4;/h1,5-7H,2-4H3;. The van der Waals surface area contributed by atoms with Crippen molar-refractivity contribution in [2.75, 3.05) is 0 Å². The molecule has 0 unspecified atom stereocenters. The fraction of sp³-hybridized carbons (Fsp3) is 0.500. The predicted molar refractivity (Wildman–Crippen MR) is 43.2 cm³/mol. The zero-order valence-corrected chi connectivity index (χ0v) is 9.60. The van der Waals surface area contributed by atoms with E-state index in [1.165, 1.54) is 19.4 Å². The second-order valence-electron chi connectivity index (χ2n) is 3.12. The Labute approximate surface area is 73.7 Å². The molecular formula is C8H13NW. The molecule has 0 aromatic rings. The van der Waals surface area contributed by atoms with Crippen LogP contribution < -0.4 is 0 Å². The van der Waals surface area contributed by atoms with E-state index >= 15 is 0 Å². The number of hydrogen-bond acceptors (Lipinski definition) is 1. The van der Waals surface area contributed by atoms with Gasteiger partial charge in [-0.1, -0.05) is 0 Å². The predicted octanol–water partition coefficient (Wildman–Crippen LogP) is 1.97. The number of aliphatic imine (C=N–C) groups is 1. The van der Waals surface area contributed by atoms with Gasteiger partial charge in [-0.3, -0.25) is 0 Å². The molecule has 10 heavy (non-hydrogen) atoms.